The van der Waals surface area contributed by atoms with Crippen LogP contribution in [0.15, 0.2) is 35.0 Å². The van der Waals surface area contributed by atoms with Crippen molar-refractivity contribution in [3.8, 4) is 28.6 Å². The van der Waals surface area contributed by atoms with Crippen molar-refractivity contribution < 1.29 is 9.63 Å². The van der Waals surface area contributed by atoms with Crippen molar-refractivity contribution in [2.45, 2.75) is 6.92 Å². The third-order valence-corrected chi connectivity index (χ3v) is 2.61. The van der Waals surface area contributed by atoms with Gasteiger partial charge in [-0.3, -0.25) is 5.10 Å². The summed E-state index contributed by atoms with van der Waals surface area (Å²) >= 11 is 0. The first kappa shape index (κ1) is 10.5. The van der Waals surface area contributed by atoms with Crippen molar-refractivity contribution in [2.24, 2.45) is 0 Å². The highest BCUT2D eigenvalue weighted by Crippen LogP contribution is 2.24. The van der Waals surface area contributed by atoms with Crippen LogP contribution in [0.2, 0.25) is 0 Å². The Kier molecular flexibility index (Phi) is 2.33. The molecule has 90 valence electrons. The summed E-state index contributed by atoms with van der Waals surface area (Å²) in [6.07, 6.45) is 1.64. The minimum atomic E-state index is 0.202. The number of aryl methyl sites for hydroxylation is 1. The number of phenols is 1. The molecular weight excluding hydrogens is 232 g/mol. The summed E-state index contributed by atoms with van der Waals surface area (Å²) in [7, 11) is 0. The van der Waals surface area contributed by atoms with Crippen LogP contribution in [0, 0.1) is 6.92 Å². The lowest BCUT2D eigenvalue weighted by atomic mass is 10.2. The van der Waals surface area contributed by atoms with Crippen molar-refractivity contribution in [1.82, 2.24) is 20.3 Å². The zero-order chi connectivity index (χ0) is 12.5. The second-order valence-corrected chi connectivity index (χ2v) is 3.88. The Balaban J connectivity index is 1.99. The normalized spacial score (nSPS) is 10.7. The number of rotatable bonds is 2. The fourth-order valence-corrected chi connectivity index (χ4v) is 1.63. The van der Waals surface area contributed by atoms with Gasteiger partial charge in [-0.2, -0.15) is 10.1 Å². The number of aromatic hydroxyl groups is 1. The lowest BCUT2D eigenvalue weighted by Crippen LogP contribution is -1.81. The second-order valence-electron chi connectivity index (χ2n) is 3.88. The molecule has 6 heteroatoms. The van der Waals surface area contributed by atoms with E-state index in [9.17, 15) is 5.11 Å². The van der Waals surface area contributed by atoms with Crippen LogP contribution < -0.4 is 0 Å². The van der Waals surface area contributed by atoms with Gasteiger partial charge < -0.3 is 9.63 Å². The average molecular weight is 242 g/mol. The maximum Gasteiger partial charge on any atom is 0.261 e. The molecule has 0 atom stereocenters. The SMILES string of the molecule is Cc1[nH]ncc1-c1nc(-c2ccc(O)cc2)no1. The third kappa shape index (κ3) is 1.73. The predicted molar refractivity (Wildman–Crippen MR) is 63.7 cm³/mol. The van der Waals surface area contributed by atoms with Crippen LogP contribution >= 0.6 is 0 Å². The molecule has 0 amide bonds. The molecule has 6 nitrogen and oxygen atoms in total. The van der Waals surface area contributed by atoms with Gasteiger partial charge in [0.15, 0.2) is 0 Å². The number of H-pyrrole nitrogens is 1. The Hall–Kier alpha value is -2.63. The minimum absolute atomic E-state index is 0.202. The van der Waals surface area contributed by atoms with Crippen molar-refractivity contribution in [1.29, 1.82) is 0 Å². The summed E-state index contributed by atoms with van der Waals surface area (Å²) in [4.78, 5) is 4.29. The van der Waals surface area contributed by atoms with Crippen LogP contribution in [0.25, 0.3) is 22.8 Å². The minimum Gasteiger partial charge on any atom is -0.508 e. The molecule has 0 fully saturated rings. The van der Waals surface area contributed by atoms with Gasteiger partial charge in [-0.15, -0.1) is 0 Å². The fourth-order valence-electron chi connectivity index (χ4n) is 1.63. The third-order valence-electron chi connectivity index (χ3n) is 2.61. The Morgan fingerprint density at radius 3 is 2.67 bits per heavy atom. The van der Waals surface area contributed by atoms with Crippen molar-refractivity contribution in [3.05, 3.63) is 36.2 Å². The summed E-state index contributed by atoms with van der Waals surface area (Å²) in [5, 5.41) is 19.8. The lowest BCUT2D eigenvalue weighted by Gasteiger charge is -1.93. The first-order chi connectivity index (χ1) is 8.74. The average Bonchev–Trinajstić information content (AvgIpc) is 2.98. The molecule has 1 aromatic carbocycles. The maximum absolute atomic E-state index is 9.22. The Morgan fingerprint density at radius 1 is 1.22 bits per heavy atom. The van der Waals surface area contributed by atoms with Gasteiger partial charge in [0.2, 0.25) is 5.82 Å². The van der Waals surface area contributed by atoms with Crippen molar-refractivity contribution in [2.75, 3.05) is 0 Å². The van der Waals surface area contributed by atoms with E-state index in [0.717, 1.165) is 16.8 Å². The molecule has 0 spiro atoms. The summed E-state index contributed by atoms with van der Waals surface area (Å²) in [5.74, 6) is 1.10. The molecule has 3 aromatic rings. The highest BCUT2D eigenvalue weighted by atomic mass is 16.5. The molecule has 2 N–H and O–H groups in total. The van der Waals surface area contributed by atoms with Crippen LogP contribution in [-0.4, -0.2) is 25.4 Å². The molecule has 2 heterocycles. The molecule has 0 aliphatic rings. The van der Waals surface area contributed by atoms with Gasteiger partial charge in [-0.25, -0.2) is 0 Å². The number of phenolic OH excluding ortho intramolecular Hbond substituents is 1. The van der Waals surface area contributed by atoms with Gasteiger partial charge in [-0.1, -0.05) is 5.16 Å². The van der Waals surface area contributed by atoms with Crippen LogP contribution in [0.1, 0.15) is 5.69 Å². The van der Waals surface area contributed by atoms with Crippen molar-refractivity contribution >= 4 is 0 Å². The van der Waals surface area contributed by atoms with Crippen LogP contribution in [0.4, 0.5) is 0 Å². The summed E-state index contributed by atoms with van der Waals surface area (Å²) < 4.78 is 5.19. The zero-order valence-electron chi connectivity index (χ0n) is 9.58. The smallest absolute Gasteiger partial charge is 0.261 e. The predicted octanol–water partition coefficient (Wildman–Crippen LogP) is 2.14. The van der Waals surface area contributed by atoms with E-state index in [1.165, 1.54) is 0 Å². The Bertz CT molecular complexity index is 669. The first-order valence-corrected chi connectivity index (χ1v) is 5.37. The van der Waals surface area contributed by atoms with E-state index in [0.29, 0.717) is 11.7 Å². The highest BCUT2D eigenvalue weighted by Gasteiger charge is 2.13. The largest absolute Gasteiger partial charge is 0.508 e. The van der Waals surface area contributed by atoms with Gasteiger partial charge in [0, 0.05) is 11.3 Å². The Labute approximate surface area is 102 Å². The van der Waals surface area contributed by atoms with Crippen LogP contribution in [0.3, 0.4) is 0 Å². The first-order valence-electron chi connectivity index (χ1n) is 5.37. The van der Waals surface area contributed by atoms with E-state index in [-0.39, 0.29) is 5.75 Å². The molecule has 0 radical (unpaired) electrons. The fraction of sp³-hybridized carbons (Fsp3) is 0.0833. The van der Waals surface area contributed by atoms with E-state index in [2.05, 4.69) is 20.3 Å². The number of hydrogen-bond donors (Lipinski definition) is 2. The summed E-state index contributed by atoms with van der Waals surface area (Å²) in [6.45, 7) is 1.88. The molecular formula is C12H10N4O2. The zero-order valence-corrected chi connectivity index (χ0v) is 9.58. The molecule has 0 bridgehead atoms. The summed E-state index contributed by atoms with van der Waals surface area (Å²) in [5.41, 5.74) is 2.44. The molecule has 0 aliphatic heterocycles. The van der Waals surface area contributed by atoms with Gasteiger partial charge in [0.1, 0.15) is 5.75 Å². The maximum atomic E-state index is 9.22. The van der Waals surface area contributed by atoms with Gasteiger partial charge in [0.25, 0.3) is 5.89 Å². The molecule has 18 heavy (non-hydrogen) atoms. The molecule has 3 rings (SSSR count). The molecule has 0 saturated heterocycles. The van der Waals surface area contributed by atoms with E-state index < -0.39 is 0 Å². The Morgan fingerprint density at radius 2 is 2.00 bits per heavy atom. The van der Waals surface area contributed by atoms with E-state index >= 15 is 0 Å². The standard InChI is InChI=1S/C12H10N4O2/c1-7-10(6-13-15-7)12-14-11(16-18-12)8-2-4-9(17)5-3-8/h2-6,17H,1H3,(H,13,15). The molecule has 0 aliphatic carbocycles. The number of aromatic amines is 1. The van der Waals surface area contributed by atoms with Gasteiger partial charge in [-0.05, 0) is 31.2 Å². The highest BCUT2D eigenvalue weighted by molar-refractivity contribution is 5.60. The number of hydrogen-bond acceptors (Lipinski definition) is 5. The van der Waals surface area contributed by atoms with Gasteiger partial charge in [0.05, 0.1) is 11.8 Å². The van der Waals surface area contributed by atoms with Crippen LogP contribution in [-0.2, 0) is 0 Å². The van der Waals surface area contributed by atoms with E-state index in [1.807, 2.05) is 6.92 Å². The summed E-state index contributed by atoms with van der Waals surface area (Å²) in [6, 6.07) is 6.61. The second kappa shape index (κ2) is 3.99. The quantitative estimate of drug-likeness (QED) is 0.718. The van der Waals surface area contributed by atoms with Crippen molar-refractivity contribution in [3.63, 3.8) is 0 Å². The van der Waals surface area contributed by atoms with E-state index in [1.54, 1.807) is 30.5 Å². The number of aromatic nitrogens is 4. The van der Waals surface area contributed by atoms with Gasteiger partial charge >= 0.3 is 0 Å². The number of nitrogens with one attached hydrogen (secondary N) is 1. The lowest BCUT2D eigenvalue weighted by molar-refractivity contribution is 0.432. The molecule has 0 unspecified atom stereocenters. The van der Waals surface area contributed by atoms with E-state index in [4.69, 9.17) is 4.52 Å². The molecule has 2 aromatic heterocycles. The monoisotopic (exact) mass is 242 g/mol. The topological polar surface area (TPSA) is 87.8 Å². The molecule has 0 saturated carbocycles. The number of benzene rings is 1. The number of nitrogens with zero attached hydrogens (tertiary/aromatic N) is 3. The van der Waals surface area contributed by atoms with Crippen LogP contribution in [0.5, 0.6) is 5.75 Å².